The first-order chi connectivity index (χ1) is 8.65. The topological polar surface area (TPSA) is 63.9 Å². The Morgan fingerprint density at radius 2 is 2.28 bits per heavy atom. The summed E-state index contributed by atoms with van der Waals surface area (Å²) < 4.78 is 5.80. The molecule has 0 aliphatic carbocycles. The molecule has 96 valence electrons. The minimum Gasteiger partial charge on any atom is -0.497 e. The van der Waals surface area contributed by atoms with E-state index in [0.29, 0.717) is 16.3 Å². The van der Waals surface area contributed by atoms with Crippen LogP contribution in [0.25, 0.3) is 11.3 Å². The molecular formula is C12H13BrClN3O. The van der Waals surface area contributed by atoms with Gasteiger partial charge in [-0.3, -0.25) is 0 Å². The number of rotatable bonds is 4. The highest BCUT2D eigenvalue weighted by Crippen LogP contribution is 2.32. The van der Waals surface area contributed by atoms with Crippen molar-refractivity contribution in [2.75, 3.05) is 13.7 Å². The van der Waals surface area contributed by atoms with Crippen molar-refractivity contribution in [1.29, 1.82) is 0 Å². The lowest BCUT2D eigenvalue weighted by Crippen LogP contribution is -2.04. The third-order valence-corrected chi connectivity index (χ3v) is 3.26. The maximum atomic E-state index is 6.24. The van der Waals surface area contributed by atoms with Crippen LogP contribution in [-0.2, 0) is 6.42 Å². The van der Waals surface area contributed by atoms with E-state index in [9.17, 15) is 0 Å². The number of halogens is 2. The molecule has 2 aromatic rings. The average Bonchev–Trinajstić information content (AvgIpc) is 2.70. The van der Waals surface area contributed by atoms with E-state index in [1.807, 2.05) is 12.1 Å². The van der Waals surface area contributed by atoms with Gasteiger partial charge in [-0.05, 0) is 40.7 Å². The van der Waals surface area contributed by atoms with Crippen molar-refractivity contribution in [3.63, 3.8) is 0 Å². The monoisotopic (exact) mass is 329 g/mol. The fraction of sp³-hybridized carbons (Fsp3) is 0.250. The summed E-state index contributed by atoms with van der Waals surface area (Å²) in [7, 11) is 1.61. The lowest BCUT2D eigenvalue weighted by molar-refractivity contribution is 0.415. The number of imidazole rings is 1. The molecule has 2 rings (SSSR count). The van der Waals surface area contributed by atoms with Gasteiger partial charge in [0.25, 0.3) is 0 Å². The molecule has 0 aliphatic rings. The van der Waals surface area contributed by atoms with Crippen LogP contribution in [0.3, 0.4) is 0 Å². The molecular weight excluding hydrogens is 318 g/mol. The largest absolute Gasteiger partial charge is 0.497 e. The second-order valence-electron chi connectivity index (χ2n) is 3.74. The summed E-state index contributed by atoms with van der Waals surface area (Å²) in [5.41, 5.74) is 8.24. The molecule has 3 N–H and O–H groups in total. The van der Waals surface area contributed by atoms with E-state index in [2.05, 4.69) is 25.9 Å². The molecule has 18 heavy (non-hydrogen) atoms. The van der Waals surface area contributed by atoms with Gasteiger partial charge < -0.3 is 15.5 Å². The fourth-order valence-electron chi connectivity index (χ4n) is 1.74. The summed E-state index contributed by atoms with van der Waals surface area (Å²) in [5.74, 6) is 0.721. The molecule has 0 saturated carbocycles. The molecule has 4 nitrogen and oxygen atoms in total. The van der Waals surface area contributed by atoms with E-state index in [1.165, 1.54) is 0 Å². The Kier molecular flexibility index (Phi) is 4.27. The smallest absolute Gasteiger partial charge is 0.175 e. The van der Waals surface area contributed by atoms with Crippen LogP contribution in [0, 0.1) is 0 Å². The Hall–Kier alpha value is -1.04. The van der Waals surface area contributed by atoms with E-state index < -0.39 is 0 Å². The minimum atomic E-state index is 0.551. The van der Waals surface area contributed by atoms with Gasteiger partial charge in [0, 0.05) is 17.7 Å². The molecule has 0 radical (unpaired) electrons. The first-order valence-electron chi connectivity index (χ1n) is 5.44. The van der Waals surface area contributed by atoms with Gasteiger partial charge in [-0.2, -0.15) is 0 Å². The van der Waals surface area contributed by atoms with Crippen molar-refractivity contribution in [2.24, 2.45) is 5.73 Å². The molecule has 0 saturated heterocycles. The zero-order valence-corrected chi connectivity index (χ0v) is 12.2. The van der Waals surface area contributed by atoms with Gasteiger partial charge in [0.1, 0.15) is 5.75 Å². The summed E-state index contributed by atoms with van der Waals surface area (Å²) in [4.78, 5) is 7.53. The molecule has 0 aliphatic heterocycles. The average molecular weight is 331 g/mol. The van der Waals surface area contributed by atoms with Crippen LogP contribution in [-0.4, -0.2) is 23.6 Å². The van der Waals surface area contributed by atoms with Gasteiger partial charge in [-0.1, -0.05) is 11.6 Å². The lowest BCUT2D eigenvalue weighted by atomic mass is 10.1. The van der Waals surface area contributed by atoms with E-state index >= 15 is 0 Å². The van der Waals surface area contributed by atoms with E-state index in [-0.39, 0.29) is 0 Å². The molecule has 0 fully saturated rings. The van der Waals surface area contributed by atoms with Crippen LogP contribution >= 0.6 is 27.5 Å². The highest BCUT2D eigenvalue weighted by Gasteiger charge is 2.14. The molecule has 0 bridgehead atoms. The molecule has 6 heteroatoms. The number of hydrogen-bond acceptors (Lipinski definition) is 3. The van der Waals surface area contributed by atoms with Gasteiger partial charge >= 0.3 is 0 Å². The Morgan fingerprint density at radius 1 is 1.50 bits per heavy atom. The molecule has 1 aromatic carbocycles. The van der Waals surface area contributed by atoms with Crippen molar-refractivity contribution in [2.45, 2.75) is 6.42 Å². The van der Waals surface area contributed by atoms with Gasteiger partial charge in [-0.15, -0.1) is 0 Å². The highest BCUT2D eigenvalue weighted by atomic mass is 79.9. The number of nitrogens with one attached hydrogen (secondary N) is 1. The molecule has 0 unspecified atom stereocenters. The Balaban J connectivity index is 2.47. The highest BCUT2D eigenvalue weighted by molar-refractivity contribution is 9.10. The van der Waals surface area contributed by atoms with Gasteiger partial charge in [0.05, 0.1) is 17.8 Å². The van der Waals surface area contributed by atoms with Crippen LogP contribution in [0.4, 0.5) is 0 Å². The quantitative estimate of drug-likeness (QED) is 0.906. The van der Waals surface area contributed by atoms with E-state index in [0.717, 1.165) is 29.1 Å². The van der Waals surface area contributed by atoms with Crippen molar-refractivity contribution in [1.82, 2.24) is 9.97 Å². The third kappa shape index (κ3) is 2.68. The first kappa shape index (κ1) is 13.4. The Bertz CT molecular complexity index is 556. The van der Waals surface area contributed by atoms with Crippen LogP contribution in [0.2, 0.25) is 5.02 Å². The number of methoxy groups -OCH3 is 1. The van der Waals surface area contributed by atoms with Gasteiger partial charge in [0.15, 0.2) is 4.73 Å². The minimum absolute atomic E-state index is 0.551. The number of hydrogen-bond donors (Lipinski definition) is 2. The van der Waals surface area contributed by atoms with Crippen LogP contribution < -0.4 is 10.5 Å². The maximum Gasteiger partial charge on any atom is 0.175 e. The number of H-pyrrole nitrogens is 1. The van der Waals surface area contributed by atoms with Gasteiger partial charge in [0.2, 0.25) is 0 Å². The second kappa shape index (κ2) is 5.73. The normalized spacial score (nSPS) is 10.7. The fourth-order valence-corrected chi connectivity index (χ4v) is 2.42. The lowest BCUT2D eigenvalue weighted by Gasteiger charge is -2.06. The number of benzene rings is 1. The van der Waals surface area contributed by atoms with E-state index in [4.69, 9.17) is 22.1 Å². The summed E-state index contributed by atoms with van der Waals surface area (Å²) in [6.07, 6.45) is 0.719. The number of aromatic amines is 1. The number of aromatic nitrogens is 2. The Morgan fingerprint density at radius 3 is 2.89 bits per heavy atom. The third-order valence-electron chi connectivity index (χ3n) is 2.58. The summed E-state index contributed by atoms with van der Waals surface area (Å²) >= 11 is 9.57. The van der Waals surface area contributed by atoms with Crippen molar-refractivity contribution < 1.29 is 4.74 Å². The summed E-state index contributed by atoms with van der Waals surface area (Å²) in [6.45, 7) is 0.551. The van der Waals surface area contributed by atoms with Crippen molar-refractivity contribution in [3.05, 3.63) is 33.6 Å². The molecule has 1 aromatic heterocycles. The zero-order valence-electron chi connectivity index (χ0n) is 9.84. The Labute approximate surface area is 119 Å². The van der Waals surface area contributed by atoms with E-state index in [1.54, 1.807) is 13.2 Å². The van der Waals surface area contributed by atoms with Gasteiger partial charge in [-0.25, -0.2) is 4.98 Å². The summed E-state index contributed by atoms with van der Waals surface area (Å²) in [6, 6.07) is 5.52. The number of ether oxygens (including phenoxy) is 1. The molecule has 1 heterocycles. The molecule has 0 amide bonds. The first-order valence-corrected chi connectivity index (χ1v) is 6.61. The SMILES string of the molecule is COc1ccc(-c2nc(Br)[nH]c2CCN)c(Cl)c1. The second-order valence-corrected chi connectivity index (χ2v) is 4.90. The maximum absolute atomic E-state index is 6.24. The standard InChI is InChI=1S/C12H13BrClN3O/c1-18-7-2-3-8(9(14)6-7)11-10(4-5-15)16-12(13)17-11/h2-3,6H,4-5,15H2,1H3,(H,16,17). The van der Waals surface area contributed by atoms with Crippen LogP contribution in [0.1, 0.15) is 5.69 Å². The molecule has 0 spiro atoms. The van der Waals surface area contributed by atoms with Crippen molar-refractivity contribution in [3.8, 4) is 17.0 Å². The molecule has 0 atom stereocenters. The number of nitrogens with two attached hydrogens (primary N) is 1. The zero-order chi connectivity index (χ0) is 13.1. The van der Waals surface area contributed by atoms with Crippen LogP contribution in [0.5, 0.6) is 5.75 Å². The van der Waals surface area contributed by atoms with Crippen LogP contribution in [0.15, 0.2) is 22.9 Å². The van der Waals surface area contributed by atoms with Crippen molar-refractivity contribution >= 4 is 27.5 Å². The predicted octanol–water partition coefficient (Wildman–Crippen LogP) is 3.00. The number of nitrogens with zero attached hydrogens (tertiary/aromatic N) is 1. The predicted molar refractivity (Wildman–Crippen MR) is 76.0 cm³/mol. The summed E-state index contributed by atoms with van der Waals surface area (Å²) in [5, 5.41) is 0.603.